The quantitative estimate of drug-likeness (QED) is 0.629. The van der Waals surface area contributed by atoms with Crippen molar-refractivity contribution < 1.29 is 9.47 Å². The fraction of sp³-hybridized carbons (Fsp3) is 0.200. The molecule has 0 amide bonds. The lowest BCUT2D eigenvalue weighted by atomic mass is 10.2. The molecule has 0 aliphatic carbocycles. The van der Waals surface area contributed by atoms with E-state index in [-0.39, 0.29) is 0 Å². The van der Waals surface area contributed by atoms with Gasteiger partial charge in [-0.3, -0.25) is 0 Å². The van der Waals surface area contributed by atoms with Gasteiger partial charge in [0.15, 0.2) is 11.5 Å². The maximum absolute atomic E-state index is 5.96. The number of benzene rings is 2. The maximum Gasteiger partial charge on any atom is 0.169 e. The van der Waals surface area contributed by atoms with E-state index in [0.29, 0.717) is 6.61 Å². The first-order chi connectivity index (χ1) is 9.24. The molecule has 0 N–H and O–H groups in total. The molecule has 0 atom stereocenters. The minimum absolute atomic E-state index is 0.617. The molecule has 0 radical (unpaired) electrons. The van der Waals surface area contributed by atoms with Gasteiger partial charge in [-0.25, -0.2) is 0 Å². The number of hydrogen-bond acceptors (Lipinski definition) is 2. The van der Waals surface area contributed by atoms with E-state index in [1.165, 1.54) is 0 Å². The summed E-state index contributed by atoms with van der Waals surface area (Å²) in [6.45, 7) is 2.58. The van der Waals surface area contributed by atoms with Gasteiger partial charge in [-0.2, -0.15) is 0 Å². The molecule has 0 spiro atoms. The molecular weight excluding hydrogens is 372 g/mol. The van der Waals surface area contributed by atoms with E-state index >= 15 is 0 Å². The topological polar surface area (TPSA) is 18.5 Å². The molecule has 100 valence electrons. The smallest absolute Gasteiger partial charge is 0.169 e. The molecule has 0 aromatic heterocycles. The van der Waals surface area contributed by atoms with Crippen molar-refractivity contribution in [2.75, 3.05) is 6.61 Å². The number of rotatable bonds is 5. The van der Waals surface area contributed by atoms with Crippen molar-refractivity contribution in [2.45, 2.75) is 12.3 Å². The third-order valence-electron chi connectivity index (χ3n) is 2.54. The normalized spacial score (nSPS) is 10.3. The van der Waals surface area contributed by atoms with Gasteiger partial charge < -0.3 is 9.47 Å². The first kappa shape index (κ1) is 14.4. The largest absolute Gasteiger partial charge is 0.490 e. The SMILES string of the molecule is CCOc1ccccc1Oc1ccc(Br)cc1CBr. The minimum atomic E-state index is 0.617. The highest BCUT2D eigenvalue weighted by Crippen LogP contribution is 2.34. The summed E-state index contributed by atoms with van der Waals surface area (Å²) in [5.74, 6) is 2.31. The number of ether oxygens (including phenoxy) is 2. The first-order valence-corrected chi connectivity index (χ1v) is 7.90. The van der Waals surface area contributed by atoms with Crippen molar-refractivity contribution in [3.05, 3.63) is 52.5 Å². The molecule has 0 fully saturated rings. The summed E-state index contributed by atoms with van der Waals surface area (Å²) >= 11 is 6.93. The van der Waals surface area contributed by atoms with Gasteiger partial charge in [-0.05, 0) is 37.3 Å². The first-order valence-electron chi connectivity index (χ1n) is 5.98. The van der Waals surface area contributed by atoms with Gasteiger partial charge in [-0.15, -0.1) is 0 Å². The van der Waals surface area contributed by atoms with Gasteiger partial charge in [0.25, 0.3) is 0 Å². The van der Waals surface area contributed by atoms with Crippen molar-refractivity contribution in [2.24, 2.45) is 0 Å². The average molecular weight is 386 g/mol. The van der Waals surface area contributed by atoms with Gasteiger partial charge in [0.05, 0.1) is 6.61 Å². The highest BCUT2D eigenvalue weighted by molar-refractivity contribution is 9.10. The lowest BCUT2D eigenvalue weighted by Crippen LogP contribution is -1.96. The molecular formula is C15H14Br2O2. The summed E-state index contributed by atoms with van der Waals surface area (Å²) in [4.78, 5) is 0. The van der Waals surface area contributed by atoms with E-state index in [1.54, 1.807) is 0 Å². The summed E-state index contributed by atoms with van der Waals surface area (Å²) in [5.41, 5.74) is 1.08. The van der Waals surface area contributed by atoms with E-state index in [1.807, 2.05) is 49.4 Å². The highest BCUT2D eigenvalue weighted by atomic mass is 79.9. The molecule has 0 saturated carbocycles. The molecule has 2 nitrogen and oxygen atoms in total. The van der Waals surface area contributed by atoms with Crippen LogP contribution in [0.1, 0.15) is 12.5 Å². The molecule has 19 heavy (non-hydrogen) atoms. The average Bonchev–Trinajstić information content (AvgIpc) is 2.43. The van der Waals surface area contributed by atoms with Crippen LogP contribution >= 0.6 is 31.9 Å². The predicted molar refractivity (Wildman–Crippen MR) is 84.5 cm³/mol. The Hall–Kier alpha value is -1.000. The molecule has 0 aliphatic rings. The second-order valence-corrected chi connectivity index (χ2v) is 5.34. The second-order valence-electron chi connectivity index (χ2n) is 3.87. The van der Waals surface area contributed by atoms with Crippen LogP contribution in [0, 0.1) is 0 Å². The lowest BCUT2D eigenvalue weighted by molar-refractivity contribution is 0.321. The molecule has 0 heterocycles. The van der Waals surface area contributed by atoms with E-state index < -0.39 is 0 Å². The second kappa shape index (κ2) is 6.96. The lowest BCUT2D eigenvalue weighted by Gasteiger charge is -2.13. The fourth-order valence-electron chi connectivity index (χ4n) is 1.68. The van der Waals surface area contributed by atoms with Gasteiger partial charge in [0.1, 0.15) is 5.75 Å². The summed E-state index contributed by atoms with van der Waals surface area (Å²) in [7, 11) is 0. The summed E-state index contributed by atoms with van der Waals surface area (Å²) < 4.78 is 12.6. The number of alkyl halides is 1. The molecule has 2 aromatic rings. The third-order valence-corrected chi connectivity index (χ3v) is 3.63. The zero-order chi connectivity index (χ0) is 13.7. The Labute approximate surface area is 130 Å². The Balaban J connectivity index is 2.30. The minimum Gasteiger partial charge on any atom is -0.490 e. The van der Waals surface area contributed by atoms with E-state index in [0.717, 1.165) is 32.6 Å². The van der Waals surface area contributed by atoms with Crippen LogP contribution in [-0.2, 0) is 5.33 Å². The van der Waals surface area contributed by atoms with Crippen LogP contribution in [0.25, 0.3) is 0 Å². The van der Waals surface area contributed by atoms with Crippen molar-refractivity contribution in [1.82, 2.24) is 0 Å². The maximum atomic E-state index is 5.96. The zero-order valence-electron chi connectivity index (χ0n) is 10.5. The molecule has 4 heteroatoms. The van der Waals surface area contributed by atoms with Gasteiger partial charge in [0.2, 0.25) is 0 Å². The van der Waals surface area contributed by atoms with Crippen LogP contribution in [0.4, 0.5) is 0 Å². The number of para-hydroxylation sites is 2. The van der Waals surface area contributed by atoms with Crippen molar-refractivity contribution in [1.29, 1.82) is 0 Å². The van der Waals surface area contributed by atoms with Crippen LogP contribution in [0.2, 0.25) is 0 Å². The van der Waals surface area contributed by atoms with Crippen LogP contribution < -0.4 is 9.47 Å². The molecule has 2 rings (SSSR count). The Morgan fingerprint density at radius 2 is 1.74 bits per heavy atom. The predicted octanol–water partition coefficient (Wildman–Crippen LogP) is 5.54. The highest BCUT2D eigenvalue weighted by Gasteiger charge is 2.08. The van der Waals surface area contributed by atoms with Gasteiger partial charge >= 0.3 is 0 Å². The Bertz CT molecular complexity index is 556. The molecule has 0 unspecified atom stereocenters. The van der Waals surface area contributed by atoms with E-state index in [2.05, 4.69) is 31.9 Å². The zero-order valence-corrected chi connectivity index (χ0v) is 13.7. The van der Waals surface area contributed by atoms with Crippen LogP contribution in [0.5, 0.6) is 17.2 Å². The van der Waals surface area contributed by atoms with Crippen LogP contribution in [-0.4, -0.2) is 6.61 Å². The van der Waals surface area contributed by atoms with Crippen molar-refractivity contribution in [3.8, 4) is 17.2 Å². The van der Waals surface area contributed by atoms with E-state index in [4.69, 9.17) is 9.47 Å². The molecule has 0 bridgehead atoms. The summed E-state index contributed by atoms with van der Waals surface area (Å²) in [5, 5.41) is 0.735. The third kappa shape index (κ3) is 3.74. The number of halogens is 2. The monoisotopic (exact) mass is 384 g/mol. The molecule has 2 aromatic carbocycles. The molecule has 0 aliphatic heterocycles. The summed E-state index contributed by atoms with van der Waals surface area (Å²) in [6.07, 6.45) is 0. The van der Waals surface area contributed by atoms with Crippen molar-refractivity contribution >= 4 is 31.9 Å². The fourth-order valence-corrected chi connectivity index (χ4v) is 2.53. The Morgan fingerprint density at radius 3 is 2.42 bits per heavy atom. The van der Waals surface area contributed by atoms with Crippen LogP contribution in [0.3, 0.4) is 0 Å². The standard InChI is InChI=1S/C15H14Br2O2/c1-2-18-14-5-3-4-6-15(14)19-13-8-7-12(17)9-11(13)10-16/h3-9H,2,10H2,1H3. The van der Waals surface area contributed by atoms with Gasteiger partial charge in [-0.1, -0.05) is 44.0 Å². The van der Waals surface area contributed by atoms with Gasteiger partial charge in [0, 0.05) is 15.4 Å². The van der Waals surface area contributed by atoms with Crippen molar-refractivity contribution in [3.63, 3.8) is 0 Å². The van der Waals surface area contributed by atoms with Crippen LogP contribution in [0.15, 0.2) is 46.9 Å². The Kier molecular flexibility index (Phi) is 5.28. The number of hydrogen-bond donors (Lipinski definition) is 0. The van der Waals surface area contributed by atoms with E-state index in [9.17, 15) is 0 Å². The Morgan fingerprint density at radius 1 is 1.00 bits per heavy atom. The summed E-state index contributed by atoms with van der Waals surface area (Å²) in [6, 6.07) is 13.6. The molecule has 0 saturated heterocycles.